The van der Waals surface area contributed by atoms with Crippen LogP contribution in [-0.4, -0.2) is 91.6 Å². The fourth-order valence-electron chi connectivity index (χ4n) is 11.8. The lowest BCUT2D eigenvalue weighted by Gasteiger charge is -2.62. The number of carbonyl (C=O) groups is 2. The third-order valence-corrected chi connectivity index (χ3v) is 13.9. The van der Waals surface area contributed by atoms with Gasteiger partial charge in [-0.25, -0.2) is 0 Å². The van der Waals surface area contributed by atoms with Crippen molar-refractivity contribution in [2.75, 3.05) is 45.9 Å². The van der Waals surface area contributed by atoms with E-state index >= 15 is 0 Å². The highest BCUT2D eigenvalue weighted by Crippen LogP contribution is 2.67. The van der Waals surface area contributed by atoms with Crippen molar-refractivity contribution in [1.82, 2.24) is 4.90 Å². The minimum atomic E-state index is -0.145. The van der Waals surface area contributed by atoms with E-state index in [1.807, 2.05) is 6.92 Å². The number of quaternary nitrogens is 1. The first-order chi connectivity index (χ1) is 20.6. The lowest BCUT2D eigenvalue weighted by Crippen LogP contribution is -2.63. The first-order valence-electron chi connectivity index (χ1n) is 17.8. The third kappa shape index (κ3) is 5.52. The molecule has 0 amide bonds. The summed E-state index contributed by atoms with van der Waals surface area (Å²) in [6.07, 6.45) is 14.5. The standard InChI is InChI=1S/C36H59N2O5/c1-6-17-38(18-9-8-10-19-38)31-23-29-27-12-11-26-22-32(42-25(3)39)30(37-15-20-41-21-16-37)24-36(26,5)28(27)13-14-35(29,4)34(31)43-33(40)7-2/h6,26-32,34H,1,7-24H2,2-5H3/q+1/t26-,27+,28-,29-,30-,31-,32-,34-,35-,36-/m0/s1. The maximum atomic E-state index is 13.0. The average molecular weight is 600 g/mol. The second-order valence-corrected chi connectivity index (χ2v) is 15.8. The first-order valence-corrected chi connectivity index (χ1v) is 17.8. The summed E-state index contributed by atoms with van der Waals surface area (Å²) in [6.45, 7) is 19.6. The van der Waals surface area contributed by atoms with E-state index in [4.69, 9.17) is 14.2 Å². The Hall–Kier alpha value is -1.44. The van der Waals surface area contributed by atoms with Gasteiger partial charge in [0.2, 0.25) is 0 Å². The van der Waals surface area contributed by atoms with Gasteiger partial charge in [0, 0.05) is 44.3 Å². The van der Waals surface area contributed by atoms with Crippen LogP contribution >= 0.6 is 0 Å². The Labute approximate surface area is 260 Å². The molecule has 6 aliphatic rings. The number of fused-ring (bicyclic) bond motifs is 5. The third-order valence-electron chi connectivity index (χ3n) is 13.9. The molecule has 242 valence electrons. The molecule has 2 heterocycles. The summed E-state index contributed by atoms with van der Waals surface area (Å²) in [5.74, 6) is 2.33. The number of hydrogen-bond donors (Lipinski definition) is 0. The Morgan fingerprint density at radius 3 is 2.42 bits per heavy atom. The fourth-order valence-corrected chi connectivity index (χ4v) is 11.8. The van der Waals surface area contributed by atoms with Gasteiger partial charge >= 0.3 is 11.9 Å². The molecule has 2 saturated heterocycles. The molecule has 10 atom stereocenters. The van der Waals surface area contributed by atoms with Crippen LogP contribution in [0.3, 0.4) is 0 Å². The lowest BCUT2D eigenvalue weighted by molar-refractivity contribution is -0.952. The second kappa shape index (κ2) is 12.4. The molecule has 0 unspecified atom stereocenters. The number of hydrogen-bond acceptors (Lipinski definition) is 6. The van der Waals surface area contributed by atoms with Crippen LogP contribution in [0.15, 0.2) is 12.7 Å². The number of carbonyl (C=O) groups excluding carboxylic acids is 2. The van der Waals surface area contributed by atoms with Gasteiger partial charge in [0.1, 0.15) is 12.1 Å². The smallest absolute Gasteiger partial charge is 0.306 e. The Morgan fingerprint density at radius 1 is 1.00 bits per heavy atom. The molecule has 6 rings (SSSR count). The van der Waals surface area contributed by atoms with Gasteiger partial charge in [-0.1, -0.05) is 27.4 Å². The number of rotatable bonds is 7. The molecule has 0 aromatic rings. The molecule has 0 aromatic heterocycles. The average Bonchev–Trinajstić information content (AvgIpc) is 3.30. The van der Waals surface area contributed by atoms with Gasteiger partial charge in [0.25, 0.3) is 0 Å². The number of piperidine rings is 1. The molecule has 6 fully saturated rings. The van der Waals surface area contributed by atoms with E-state index in [9.17, 15) is 9.59 Å². The highest BCUT2D eigenvalue weighted by molar-refractivity contribution is 5.69. The highest BCUT2D eigenvalue weighted by Gasteiger charge is 2.67. The number of morpholine rings is 1. The van der Waals surface area contributed by atoms with E-state index in [1.165, 1.54) is 58.0 Å². The number of nitrogens with zero attached hydrogens (tertiary/aromatic N) is 2. The molecular weight excluding hydrogens is 540 g/mol. The van der Waals surface area contributed by atoms with Crippen LogP contribution in [0.2, 0.25) is 0 Å². The summed E-state index contributed by atoms with van der Waals surface area (Å²) in [7, 11) is 0. The topological polar surface area (TPSA) is 65.1 Å². The summed E-state index contributed by atoms with van der Waals surface area (Å²) in [5, 5.41) is 0. The maximum absolute atomic E-state index is 13.0. The minimum Gasteiger partial charge on any atom is -0.461 e. The molecule has 43 heavy (non-hydrogen) atoms. The van der Waals surface area contributed by atoms with Crippen molar-refractivity contribution < 1.29 is 28.3 Å². The largest absolute Gasteiger partial charge is 0.461 e. The number of esters is 2. The molecule has 7 nitrogen and oxygen atoms in total. The SMILES string of the molecule is C=CC[N+]1([C@H]2C[C@H]3[C@@H]4CC[C@H]5C[C@H](OC(C)=O)[C@@H](N6CCOCC6)C[C@]5(C)[C@H]4CC[C@]3(C)[C@H]2OC(=O)CC)CCCCC1. The normalized spacial score (nSPS) is 44.4. The van der Waals surface area contributed by atoms with Crippen LogP contribution in [0, 0.1) is 34.5 Å². The van der Waals surface area contributed by atoms with E-state index < -0.39 is 0 Å². The molecule has 0 spiro atoms. The minimum absolute atomic E-state index is 0.00437. The van der Waals surface area contributed by atoms with Gasteiger partial charge in [0.15, 0.2) is 6.10 Å². The number of ether oxygens (including phenoxy) is 3. The lowest BCUT2D eigenvalue weighted by atomic mass is 9.44. The van der Waals surface area contributed by atoms with E-state index in [-0.39, 0.29) is 41.0 Å². The van der Waals surface area contributed by atoms with Crippen molar-refractivity contribution in [2.45, 2.75) is 123 Å². The Kier molecular flexibility index (Phi) is 9.09. The van der Waals surface area contributed by atoms with Crippen molar-refractivity contribution in [3.8, 4) is 0 Å². The molecule has 4 saturated carbocycles. The summed E-state index contributed by atoms with van der Waals surface area (Å²) in [6, 6.07) is 0.638. The molecule has 0 bridgehead atoms. The fraction of sp³-hybridized carbons (Fsp3) is 0.889. The highest BCUT2D eigenvalue weighted by atomic mass is 16.5. The van der Waals surface area contributed by atoms with Gasteiger partial charge in [-0.3, -0.25) is 14.5 Å². The Balaban J connectivity index is 1.31. The van der Waals surface area contributed by atoms with Crippen molar-refractivity contribution in [3.05, 3.63) is 12.7 Å². The molecule has 0 N–H and O–H groups in total. The zero-order valence-corrected chi connectivity index (χ0v) is 27.6. The zero-order valence-electron chi connectivity index (χ0n) is 27.6. The van der Waals surface area contributed by atoms with Crippen LogP contribution in [0.4, 0.5) is 0 Å². The van der Waals surface area contributed by atoms with E-state index in [1.54, 1.807) is 6.92 Å². The van der Waals surface area contributed by atoms with E-state index in [2.05, 4.69) is 31.4 Å². The molecule has 7 heteroatoms. The molecule has 4 aliphatic carbocycles. The second-order valence-electron chi connectivity index (χ2n) is 15.8. The van der Waals surface area contributed by atoms with Crippen LogP contribution in [-0.2, 0) is 23.8 Å². The van der Waals surface area contributed by atoms with Crippen molar-refractivity contribution in [1.29, 1.82) is 0 Å². The predicted octanol–water partition coefficient (Wildman–Crippen LogP) is 5.76. The van der Waals surface area contributed by atoms with Crippen LogP contribution in [0.25, 0.3) is 0 Å². The summed E-state index contributed by atoms with van der Waals surface area (Å²) < 4.78 is 19.4. The van der Waals surface area contributed by atoms with E-state index in [0.717, 1.165) is 56.6 Å². The molecule has 0 aromatic carbocycles. The van der Waals surface area contributed by atoms with Gasteiger partial charge in [0.05, 0.1) is 32.8 Å². The summed E-state index contributed by atoms with van der Waals surface area (Å²) in [5.41, 5.74) is 0.262. The van der Waals surface area contributed by atoms with Crippen molar-refractivity contribution in [2.24, 2.45) is 34.5 Å². The van der Waals surface area contributed by atoms with Crippen LogP contribution < -0.4 is 0 Å². The predicted molar refractivity (Wildman–Crippen MR) is 167 cm³/mol. The quantitative estimate of drug-likeness (QED) is 0.211. The molecule has 2 aliphatic heterocycles. The van der Waals surface area contributed by atoms with Crippen LogP contribution in [0.1, 0.15) is 98.3 Å². The maximum Gasteiger partial charge on any atom is 0.306 e. The Bertz CT molecular complexity index is 1040. The summed E-state index contributed by atoms with van der Waals surface area (Å²) in [4.78, 5) is 27.8. The van der Waals surface area contributed by atoms with Gasteiger partial charge in [-0.2, -0.15) is 0 Å². The van der Waals surface area contributed by atoms with Crippen molar-refractivity contribution in [3.63, 3.8) is 0 Å². The van der Waals surface area contributed by atoms with Gasteiger partial charge < -0.3 is 18.7 Å². The zero-order chi connectivity index (χ0) is 30.4. The molecular formula is C36H59N2O5+. The summed E-state index contributed by atoms with van der Waals surface area (Å²) >= 11 is 0. The van der Waals surface area contributed by atoms with Gasteiger partial charge in [-0.15, -0.1) is 0 Å². The number of likely N-dealkylation sites (tertiary alicyclic amines) is 1. The van der Waals surface area contributed by atoms with E-state index in [0.29, 0.717) is 36.1 Å². The molecule has 0 radical (unpaired) electrons. The first kappa shape index (κ1) is 31.5. The van der Waals surface area contributed by atoms with Crippen LogP contribution in [0.5, 0.6) is 0 Å². The monoisotopic (exact) mass is 599 g/mol. The van der Waals surface area contributed by atoms with Crippen molar-refractivity contribution >= 4 is 11.9 Å². The van der Waals surface area contributed by atoms with Gasteiger partial charge in [-0.05, 0) is 93.0 Å². The Morgan fingerprint density at radius 2 is 1.74 bits per heavy atom.